The van der Waals surface area contributed by atoms with E-state index >= 15 is 0 Å². The Morgan fingerprint density at radius 3 is 2.47 bits per heavy atom. The summed E-state index contributed by atoms with van der Waals surface area (Å²) in [5.74, 6) is -0.210. The molecule has 198 valence electrons. The van der Waals surface area contributed by atoms with Crippen LogP contribution in [0.4, 0.5) is 35.2 Å². The molecule has 2 heterocycles. The Labute approximate surface area is 218 Å². The second-order valence-corrected chi connectivity index (χ2v) is 8.36. The summed E-state index contributed by atoms with van der Waals surface area (Å²) >= 11 is 5.62. The number of nitrogens with one attached hydrogen (secondary N) is 3. The largest absolute Gasteiger partial charge is 0.417 e. The van der Waals surface area contributed by atoms with Gasteiger partial charge in [0.15, 0.2) is 5.82 Å². The number of carbonyl (C=O) groups is 2. The van der Waals surface area contributed by atoms with E-state index in [2.05, 4.69) is 26.0 Å². The first-order valence-corrected chi connectivity index (χ1v) is 11.4. The van der Waals surface area contributed by atoms with Gasteiger partial charge in [-0.2, -0.15) is 18.3 Å². The number of benzene rings is 2. The van der Waals surface area contributed by atoms with Crippen molar-refractivity contribution in [3.63, 3.8) is 0 Å². The minimum absolute atomic E-state index is 0.0873. The van der Waals surface area contributed by atoms with Gasteiger partial charge < -0.3 is 26.4 Å². The number of halogens is 4. The van der Waals surface area contributed by atoms with Crippen molar-refractivity contribution >= 4 is 46.2 Å². The maximum absolute atomic E-state index is 13.1. The average molecular weight is 548 g/mol. The first kappa shape index (κ1) is 26.7. The number of hydrogen-bond acceptors (Lipinski definition) is 6. The fourth-order valence-electron chi connectivity index (χ4n) is 3.69. The van der Waals surface area contributed by atoms with Crippen LogP contribution in [-0.2, 0) is 10.9 Å². The van der Waals surface area contributed by atoms with Crippen molar-refractivity contribution in [1.29, 1.82) is 0 Å². The molecule has 0 fully saturated rings. The van der Waals surface area contributed by atoms with Crippen LogP contribution in [0.5, 0.6) is 0 Å². The van der Waals surface area contributed by atoms with Crippen LogP contribution >= 0.6 is 11.6 Å². The fraction of sp³-hybridized carbons (Fsp3) is 0.167. The van der Waals surface area contributed by atoms with Gasteiger partial charge in [0.25, 0.3) is 5.91 Å². The van der Waals surface area contributed by atoms with Gasteiger partial charge in [0, 0.05) is 36.8 Å². The summed E-state index contributed by atoms with van der Waals surface area (Å²) in [6.45, 7) is 0.616. The van der Waals surface area contributed by atoms with E-state index in [9.17, 15) is 22.8 Å². The lowest BCUT2D eigenvalue weighted by molar-refractivity contribution is -0.137. The standard InChI is InChI=1S/C24H21ClF3N7O3/c1-38-9-8-30-22(36)16-11-35-20(21(29)31-12-32-35)19(16)13-2-4-14(5-3-13)33-23(37)34-15-6-7-18(25)17(10-15)24(26,27)28/h2-7,10-12H,8-9H2,1H3,(H,30,36)(H2,29,31,32)(H2,33,34,37). The molecule has 0 atom stereocenters. The van der Waals surface area contributed by atoms with Gasteiger partial charge in [-0.15, -0.1) is 0 Å². The van der Waals surface area contributed by atoms with E-state index in [0.29, 0.717) is 34.5 Å². The van der Waals surface area contributed by atoms with E-state index < -0.39 is 22.8 Å². The van der Waals surface area contributed by atoms with Crippen molar-refractivity contribution in [1.82, 2.24) is 19.9 Å². The van der Waals surface area contributed by atoms with Crippen molar-refractivity contribution in [2.24, 2.45) is 0 Å². The molecule has 0 bridgehead atoms. The second kappa shape index (κ2) is 10.9. The van der Waals surface area contributed by atoms with Crippen LogP contribution in [0.3, 0.4) is 0 Å². The summed E-state index contributed by atoms with van der Waals surface area (Å²) in [7, 11) is 1.52. The highest BCUT2D eigenvalue weighted by atomic mass is 35.5. The molecule has 10 nitrogen and oxygen atoms in total. The molecule has 0 aliphatic rings. The van der Waals surface area contributed by atoms with Crippen molar-refractivity contribution in [3.05, 3.63) is 71.1 Å². The molecule has 3 amide bonds. The SMILES string of the molecule is COCCNC(=O)c1cn2ncnc(N)c2c1-c1ccc(NC(=O)Nc2ccc(Cl)c(C(F)(F)F)c2)cc1. The Bertz CT molecular complexity index is 1490. The number of anilines is 3. The molecule has 4 aromatic rings. The van der Waals surface area contributed by atoms with Crippen LogP contribution in [0, 0.1) is 0 Å². The Morgan fingerprint density at radius 1 is 1.11 bits per heavy atom. The Morgan fingerprint density at radius 2 is 1.79 bits per heavy atom. The maximum Gasteiger partial charge on any atom is 0.417 e. The molecule has 2 aromatic heterocycles. The van der Waals surface area contributed by atoms with Crippen molar-refractivity contribution in [2.45, 2.75) is 6.18 Å². The first-order valence-electron chi connectivity index (χ1n) is 11.0. The van der Waals surface area contributed by atoms with Gasteiger partial charge in [-0.25, -0.2) is 14.3 Å². The number of amides is 3. The van der Waals surface area contributed by atoms with Crippen molar-refractivity contribution < 1.29 is 27.5 Å². The number of hydrogen-bond donors (Lipinski definition) is 4. The van der Waals surface area contributed by atoms with Gasteiger partial charge in [-0.3, -0.25) is 4.79 Å². The molecule has 0 spiro atoms. The summed E-state index contributed by atoms with van der Waals surface area (Å²) < 4.78 is 45.7. The number of nitrogens with zero attached hydrogens (tertiary/aromatic N) is 3. The number of alkyl halides is 3. The number of nitrogen functional groups attached to an aromatic ring is 1. The zero-order valence-electron chi connectivity index (χ0n) is 19.8. The van der Waals surface area contributed by atoms with Gasteiger partial charge in [-0.05, 0) is 35.9 Å². The molecule has 5 N–H and O–H groups in total. The van der Waals surface area contributed by atoms with E-state index in [-0.39, 0.29) is 24.0 Å². The Balaban J connectivity index is 1.56. The quantitative estimate of drug-likeness (QED) is 0.248. The van der Waals surface area contributed by atoms with Gasteiger partial charge >= 0.3 is 12.2 Å². The topological polar surface area (TPSA) is 136 Å². The molecule has 4 rings (SSSR count). The minimum atomic E-state index is -4.67. The molecule has 14 heteroatoms. The van der Waals surface area contributed by atoms with Crippen LogP contribution in [0.2, 0.25) is 5.02 Å². The van der Waals surface area contributed by atoms with Crippen LogP contribution in [0.15, 0.2) is 55.0 Å². The maximum atomic E-state index is 13.1. The third-order valence-electron chi connectivity index (χ3n) is 5.40. The van der Waals surface area contributed by atoms with Crippen LogP contribution in [0.25, 0.3) is 16.6 Å². The molecule has 0 saturated carbocycles. The number of carbonyl (C=O) groups excluding carboxylic acids is 2. The van der Waals surface area contributed by atoms with Crippen LogP contribution < -0.4 is 21.7 Å². The van der Waals surface area contributed by atoms with Gasteiger partial charge in [0.1, 0.15) is 11.8 Å². The normalized spacial score (nSPS) is 11.4. The zero-order chi connectivity index (χ0) is 27.4. The van der Waals surface area contributed by atoms with E-state index in [1.807, 2.05) is 0 Å². The van der Waals surface area contributed by atoms with E-state index in [1.54, 1.807) is 24.3 Å². The molecular weight excluding hydrogens is 527 g/mol. The van der Waals surface area contributed by atoms with Crippen molar-refractivity contribution in [3.8, 4) is 11.1 Å². The summed E-state index contributed by atoms with van der Waals surface area (Å²) in [6, 6.07) is 8.70. The number of methoxy groups -OCH3 is 1. The number of rotatable bonds is 7. The molecule has 0 aliphatic carbocycles. The number of ether oxygens (including phenoxy) is 1. The number of urea groups is 1. The van der Waals surface area contributed by atoms with Gasteiger partial charge in [0.05, 0.1) is 22.8 Å². The lowest BCUT2D eigenvalue weighted by Gasteiger charge is -2.13. The van der Waals surface area contributed by atoms with Gasteiger partial charge in [0.2, 0.25) is 0 Å². The summed E-state index contributed by atoms with van der Waals surface area (Å²) in [4.78, 5) is 29.3. The smallest absolute Gasteiger partial charge is 0.383 e. The number of nitrogens with two attached hydrogens (primary N) is 1. The summed E-state index contributed by atoms with van der Waals surface area (Å²) in [5, 5.41) is 11.3. The summed E-state index contributed by atoms with van der Waals surface area (Å²) in [5.41, 5.74) is 7.06. The van der Waals surface area contributed by atoms with E-state index in [1.165, 1.54) is 30.2 Å². The first-order chi connectivity index (χ1) is 18.1. The third kappa shape index (κ3) is 5.79. The van der Waals surface area contributed by atoms with Gasteiger partial charge in [-0.1, -0.05) is 23.7 Å². The van der Waals surface area contributed by atoms with Crippen LogP contribution in [-0.4, -0.2) is 46.8 Å². The summed E-state index contributed by atoms with van der Waals surface area (Å²) in [6.07, 6.45) is -1.87. The predicted octanol–water partition coefficient (Wildman–Crippen LogP) is 4.67. The van der Waals surface area contributed by atoms with E-state index in [0.717, 1.165) is 12.1 Å². The molecule has 38 heavy (non-hydrogen) atoms. The minimum Gasteiger partial charge on any atom is -0.383 e. The fourth-order valence-corrected chi connectivity index (χ4v) is 3.92. The van der Waals surface area contributed by atoms with Crippen LogP contribution in [0.1, 0.15) is 15.9 Å². The predicted molar refractivity (Wildman–Crippen MR) is 136 cm³/mol. The highest BCUT2D eigenvalue weighted by molar-refractivity contribution is 6.31. The Kier molecular flexibility index (Phi) is 7.69. The molecule has 0 aliphatic heterocycles. The zero-order valence-corrected chi connectivity index (χ0v) is 20.5. The number of aromatic nitrogens is 3. The number of fused-ring (bicyclic) bond motifs is 1. The highest BCUT2D eigenvalue weighted by Gasteiger charge is 2.33. The molecule has 0 saturated heterocycles. The third-order valence-corrected chi connectivity index (χ3v) is 5.73. The average Bonchev–Trinajstić information content (AvgIpc) is 3.26. The lowest BCUT2D eigenvalue weighted by Crippen LogP contribution is -2.27. The molecule has 0 radical (unpaired) electrons. The lowest BCUT2D eigenvalue weighted by atomic mass is 10.0. The molecular formula is C24H21ClF3N7O3. The monoisotopic (exact) mass is 547 g/mol. The molecule has 2 aromatic carbocycles. The van der Waals surface area contributed by atoms with E-state index in [4.69, 9.17) is 22.1 Å². The van der Waals surface area contributed by atoms with Crippen molar-refractivity contribution in [2.75, 3.05) is 36.6 Å². The second-order valence-electron chi connectivity index (χ2n) is 7.95. The molecule has 0 unspecified atom stereocenters. The Hall–Kier alpha value is -4.36. The highest BCUT2D eigenvalue weighted by Crippen LogP contribution is 2.36.